The molecule has 1 aromatic rings. The van der Waals surface area contributed by atoms with Gasteiger partial charge in [0, 0.05) is 31.6 Å². The fourth-order valence-electron chi connectivity index (χ4n) is 5.48. The normalized spacial score (nSPS) is 15.5. The number of hydrogen-bond acceptors (Lipinski definition) is 5. The number of nitrogens with zero attached hydrogens (tertiary/aromatic N) is 4. The number of aromatic nitrogens is 3. The SMILES string of the molecule is CC[C@H](C)[C@@H](C(=O)NCCCCCCCCCCC(=O)C1CCCCC1)n1cc(CCCCN=C(N)N)nn1. The van der Waals surface area contributed by atoms with Crippen LogP contribution in [0, 0.1) is 11.8 Å². The minimum Gasteiger partial charge on any atom is -0.370 e. The van der Waals surface area contributed by atoms with Crippen LogP contribution in [0.2, 0.25) is 0 Å². The topological polar surface area (TPSA) is 141 Å². The number of aryl methyl sites for hydroxylation is 1. The summed E-state index contributed by atoms with van der Waals surface area (Å²) in [5, 5.41) is 11.7. The number of amides is 1. The van der Waals surface area contributed by atoms with Crippen molar-refractivity contribution >= 4 is 17.6 Å². The van der Waals surface area contributed by atoms with Crippen LogP contribution in [0.4, 0.5) is 0 Å². The van der Waals surface area contributed by atoms with Crippen molar-refractivity contribution in [2.75, 3.05) is 13.1 Å². The number of unbranched alkanes of at least 4 members (excludes halogenated alkanes) is 8. The van der Waals surface area contributed by atoms with Crippen LogP contribution < -0.4 is 16.8 Å². The zero-order chi connectivity index (χ0) is 28.3. The van der Waals surface area contributed by atoms with Crippen molar-refractivity contribution in [1.82, 2.24) is 20.3 Å². The molecule has 1 aliphatic rings. The quantitative estimate of drug-likeness (QED) is 0.110. The van der Waals surface area contributed by atoms with E-state index < -0.39 is 0 Å². The number of nitrogens with two attached hydrogens (primary N) is 2. The molecule has 0 radical (unpaired) electrons. The highest BCUT2D eigenvalue weighted by atomic mass is 16.2. The molecule has 0 spiro atoms. The Bertz CT molecular complexity index is 844. The van der Waals surface area contributed by atoms with Gasteiger partial charge in [0.05, 0.1) is 5.69 Å². The second-order valence-electron chi connectivity index (χ2n) is 11.5. The van der Waals surface area contributed by atoms with Crippen LogP contribution in [0.5, 0.6) is 0 Å². The Kier molecular flexibility index (Phi) is 16.5. The number of carbonyl (C=O) groups excluding carboxylic acids is 2. The van der Waals surface area contributed by atoms with Gasteiger partial charge in [-0.3, -0.25) is 14.6 Å². The van der Waals surface area contributed by atoms with Crippen LogP contribution in [-0.4, -0.2) is 45.7 Å². The zero-order valence-electron chi connectivity index (χ0n) is 24.7. The third kappa shape index (κ3) is 13.4. The molecule has 1 aliphatic carbocycles. The molecule has 39 heavy (non-hydrogen) atoms. The van der Waals surface area contributed by atoms with Crippen molar-refractivity contribution in [3.8, 4) is 0 Å². The molecule has 1 saturated carbocycles. The van der Waals surface area contributed by atoms with E-state index in [0.717, 1.165) is 69.9 Å². The zero-order valence-corrected chi connectivity index (χ0v) is 24.7. The number of guanidine groups is 1. The molecule has 9 heteroatoms. The summed E-state index contributed by atoms with van der Waals surface area (Å²) in [5.74, 6) is 1.20. The number of Topliss-reactive ketones (excluding diaryl/α,β-unsaturated/α-hetero) is 1. The lowest BCUT2D eigenvalue weighted by molar-refractivity contribution is -0.126. The number of rotatable bonds is 21. The average Bonchev–Trinajstić information content (AvgIpc) is 3.39. The monoisotopic (exact) mass is 545 g/mol. The summed E-state index contributed by atoms with van der Waals surface area (Å²) in [6, 6.07) is -0.345. The first-order chi connectivity index (χ1) is 18.9. The van der Waals surface area contributed by atoms with E-state index in [1.165, 1.54) is 51.4 Å². The highest BCUT2D eigenvalue weighted by Gasteiger charge is 2.27. The molecule has 1 aromatic heterocycles. The van der Waals surface area contributed by atoms with Crippen molar-refractivity contribution in [3.05, 3.63) is 11.9 Å². The van der Waals surface area contributed by atoms with Gasteiger partial charge in [0.15, 0.2) is 5.96 Å². The number of ketones is 1. The molecule has 0 saturated heterocycles. The van der Waals surface area contributed by atoms with Gasteiger partial charge in [-0.15, -0.1) is 5.10 Å². The summed E-state index contributed by atoms with van der Waals surface area (Å²) >= 11 is 0. The van der Waals surface area contributed by atoms with Gasteiger partial charge in [0.2, 0.25) is 5.91 Å². The van der Waals surface area contributed by atoms with Gasteiger partial charge in [0.25, 0.3) is 0 Å². The summed E-state index contributed by atoms with van der Waals surface area (Å²) in [5.41, 5.74) is 11.6. The van der Waals surface area contributed by atoms with E-state index in [9.17, 15) is 9.59 Å². The van der Waals surface area contributed by atoms with Crippen LogP contribution in [0.1, 0.15) is 135 Å². The van der Waals surface area contributed by atoms with Crippen LogP contribution in [0.3, 0.4) is 0 Å². The summed E-state index contributed by atoms with van der Waals surface area (Å²) < 4.78 is 1.73. The molecule has 0 bridgehead atoms. The summed E-state index contributed by atoms with van der Waals surface area (Å²) in [6.07, 6.45) is 21.5. The number of hydrogen-bond donors (Lipinski definition) is 3. The van der Waals surface area contributed by atoms with E-state index in [1.807, 2.05) is 6.20 Å². The molecular formula is C30H55N7O2. The standard InChI is InChI=1S/C30H55N7O2/c1-3-24(2)28(37-23-26(35-36-37)19-14-16-22-34-30(31)32)29(39)33-21-15-9-7-5-4-6-8-13-20-27(38)25-17-11-10-12-18-25/h23-25,28H,3-22H2,1-2H3,(H,33,39)(H4,31,32,34)/t24-,28-/m0/s1. The minimum atomic E-state index is -0.345. The maximum atomic E-state index is 13.0. The Labute approximate surface area is 236 Å². The molecule has 0 unspecified atom stereocenters. The Morgan fingerprint density at radius 3 is 2.33 bits per heavy atom. The third-order valence-electron chi connectivity index (χ3n) is 8.14. The molecule has 5 N–H and O–H groups in total. The smallest absolute Gasteiger partial charge is 0.245 e. The molecule has 1 heterocycles. The minimum absolute atomic E-state index is 0.0244. The first kappa shape index (κ1) is 32.8. The van der Waals surface area contributed by atoms with Crippen molar-refractivity contribution in [2.24, 2.45) is 28.3 Å². The van der Waals surface area contributed by atoms with Crippen LogP contribution in [0.15, 0.2) is 11.2 Å². The summed E-state index contributed by atoms with van der Waals surface area (Å²) in [6.45, 7) is 5.49. The Balaban J connectivity index is 1.56. The van der Waals surface area contributed by atoms with Gasteiger partial charge in [0.1, 0.15) is 11.8 Å². The highest BCUT2D eigenvalue weighted by Crippen LogP contribution is 2.26. The van der Waals surface area contributed by atoms with Crippen molar-refractivity contribution < 1.29 is 9.59 Å². The number of nitrogens with one attached hydrogen (secondary N) is 1. The third-order valence-corrected chi connectivity index (χ3v) is 8.14. The van der Waals surface area contributed by atoms with E-state index >= 15 is 0 Å². The van der Waals surface area contributed by atoms with Crippen LogP contribution in [0.25, 0.3) is 0 Å². The maximum Gasteiger partial charge on any atom is 0.245 e. The van der Waals surface area contributed by atoms with Gasteiger partial charge < -0.3 is 16.8 Å². The van der Waals surface area contributed by atoms with Gasteiger partial charge >= 0.3 is 0 Å². The van der Waals surface area contributed by atoms with Crippen molar-refractivity contribution in [1.29, 1.82) is 0 Å². The lowest BCUT2D eigenvalue weighted by Crippen LogP contribution is -2.37. The van der Waals surface area contributed by atoms with Gasteiger partial charge in [-0.25, -0.2) is 4.68 Å². The Morgan fingerprint density at radius 2 is 1.67 bits per heavy atom. The highest BCUT2D eigenvalue weighted by molar-refractivity contribution is 5.81. The predicted octanol–water partition coefficient (Wildman–Crippen LogP) is 5.24. The predicted molar refractivity (Wildman–Crippen MR) is 158 cm³/mol. The largest absolute Gasteiger partial charge is 0.370 e. The molecule has 1 amide bonds. The fraction of sp³-hybridized carbons (Fsp3) is 0.833. The molecule has 9 nitrogen and oxygen atoms in total. The second kappa shape index (κ2) is 19.6. The molecule has 2 rings (SSSR count). The number of carbonyl (C=O) groups is 2. The van der Waals surface area contributed by atoms with Crippen LogP contribution in [-0.2, 0) is 16.0 Å². The molecule has 0 aliphatic heterocycles. The molecular weight excluding hydrogens is 490 g/mol. The maximum absolute atomic E-state index is 13.0. The average molecular weight is 546 g/mol. The van der Waals surface area contributed by atoms with E-state index in [0.29, 0.717) is 24.8 Å². The fourth-order valence-corrected chi connectivity index (χ4v) is 5.48. The van der Waals surface area contributed by atoms with Gasteiger partial charge in [-0.1, -0.05) is 83.3 Å². The van der Waals surface area contributed by atoms with Crippen molar-refractivity contribution in [3.63, 3.8) is 0 Å². The lowest BCUT2D eigenvalue weighted by atomic mass is 9.84. The summed E-state index contributed by atoms with van der Waals surface area (Å²) in [4.78, 5) is 29.3. The van der Waals surface area contributed by atoms with E-state index in [4.69, 9.17) is 11.5 Å². The van der Waals surface area contributed by atoms with Crippen molar-refractivity contribution in [2.45, 2.75) is 135 Å². The molecule has 2 atom stereocenters. The van der Waals surface area contributed by atoms with Gasteiger partial charge in [-0.2, -0.15) is 0 Å². The van der Waals surface area contributed by atoms with E-state index in [1.54, 1.807) is 4.68 Å². The summed E-state index contributed by atoms with van der Waals surface area (Å²) in [7, 11) is 0. The molecule has 222 valence electrons. The number of aliphatic imine (C=N–C) groups is 1. The van der Waals surface area contributed by atoms with E-state index in [-0.39, 0.29) is 23.8 Å². The molecule has 0 aromatic carbocycles. The Morgan fingerprint density at radius 1 is 1.00 bits per heavy atom. The first-order valence-electron chi connectivity index (χ1n) is 15.7. The first-order valence-corrected chi connectivity index (χ1v) is 15.7. The van der Waals surface area contributed by atoms with Gasteiger partial charge in [-0.05, 0) is 50.9 Å². The van der Waals surface area contributed by atoms with E-state index in [2.05, 4.69) is 34.5 Å². The Hall–Kier alpha value is -2.45. The second-order valence-corrected chi connectivity index (χ2v) is 11.5. The molecule has 1 fully saturated rings. The lowest BCUT2D eigenvalue weighted by Gasteiger charge is -2.22. The van der Waals surface area contributed by atoms with Crippen LogP contribution >= 0.6 is 0 Å².